The molecule has 6 heteroatoms. The highest BCUT2D eigenvalue weighted by Gasteiger charge is 2.29. The van der Waals surface area contributed by atoms with Crippen molar-refractivity contribution in [1.29, 1.82) is 0 Å². The first-order valence-electron chi connectivity index (χ1n) is 6.29. The Kier molecular flexibility index (Phi) is 4.21. The Morgan fingerprint density at radius 2 is 2.00 bits per heavy atom. The first-order chi connectivity index (χ1) is 9.08. The SMILES string of the molecule is CN(C)C(=O)[C@@H]1CN(C(=O)Cn2cccc2)CCO1. The van der Waals surface area contributed by atoms with Crippen LogP contribution in [-0.2, 0) is 20.9 Å². The van der Waals surface area contributed by atoms with Crippen LogP contribution in [0.2, 0.25) is 0 Å². The third-order valence-corrected chi connectivity index (χ3v) is 3.12. The van der Waals surface area contributed by atoms with Gasteiger partial charge >= 0.3 is 0 Å². The second-order valence-electron chi connectivity index (χ2n) is 4.79. The smallest absolute Gasteiger partial charge is 0.253 e. The Labute approximate surface area is 112 Å². The average molecular weight is 265 g/mol. The summed E-state index contributed by atoms with van der Waals surface area (Å²) in [5, 5.41) is 0. The molecule has 6 nitrogen and oxygen atoms in total. The number of morpholine rings is 1. The van der Waals surface area contributed by atoms with E-state index in [1.165, 1.54) is 4.90 Å². The van der Waals surface area contributed by atoms with Crippen LogP contribution >= 0.6 is 0 Å². The fourth-order valence-corrected chi connectivity index (χ4v) is 2.04. The van der Waals surface area contributed by atoms with E-state index < -0.39 is 6.10 Å². The Morgan fingerprint density at radius 1 is 1.32 bits per heavy atom. The Hall–Kier alpha value is -1.82. The molecule has 1 saturated heterocycles. The highest BCUT2D eigenvalue weighted by Crippen LogP contribution is 2.08. The van der Waals surface area contributed by atoms with Gasteiger partial charge < -0.3 is 19.1 Å². The largest absolute Gasteiger partial charge is 0.365 e. The summed E-state index contributed by atoms with van der Waals surface area (Å²) in [5.74, 6) is -0.0884. The van der Waals surface area contributed by atoms with Gasteiger partial charge in [-0.1, -0.05) is 0 Å². The van der Waals surface area contributed by atoms with Crippen LogP contribution in [0.25, 0.3) is 0 Å². The van der Waals surface area contributed by atoms with Crippen LogP contribution < -0.4 is 0 Å². The van der Waals surface area contributed by atoms with Crippen LogP contribution in [0.15, 0.2) is 24.5 Å². The number of hydrogen-bond donors (Lipinski definition) is 0. The first kappa shape index (κ1) is 13.6. The van der Waals surface area contributed by atoms with E-state index in [1.807, 2.05) is 29.1 Å². The van der Waals surface area contributed by atoms with Crippen molar-refractivity contribution in [2.24, 2.45) is 0 Å². The van der Waals surface area contributed by atoms with Crippen molar-refractivity contribution in [1.82, 2.24) is 14.4 Å². The van der Waals surface area contributed by atoms with Crippen LogP contribution in [0, 0.1) is 0 Å². The maximum Gasteiger partial charge on any atom is 0.253 e. The number of rotatable bonds is 3. The van der Waals surface area contributed by atoms with Crippen molar-refractivity contribution in [2.75, 3.05) is 33.8 Å². The molecule has 1 aromatic rings. The molecule has 104 valence electrons. The Morgan fingerprint density at radius 3 is 2.63 bits per heavy atom. The van der Waals surface area contributed by atoms with Gasteiger partial charge in [0.05, 0.1) is 13.2 Å². The maximum atomic E-state index is 12.1. The monoisotopic (exact) mass is 265 g/mol. The van der Waals surface area contributed by atoms with Crippen molar-refractivity contribution >= 4 is 11.8 Å². The molecular formula is C13H19N3O3. The third kappa shape index (κ3) is 3.35. The minimum atomic E-state index is -0.544. The summed E-state index contributed by atoms with van der Waals surface area (Å²) in [5.41, 5.74) is 0. The topological polar surface area (TPSA) is 54.8 Å². The van der Waals surface area contributed by atoms with Gasteiger partial charge in [0.15, 0.2) is 6.10 Å². The van der Waals surface area contributed by atoms with Gasteiger partial charge in [0.25, 0.3) is 5.91 Å². The van der Waals surface area contributed by atoms with E-state index in [1.54, 1.807) is 19.0 Å². The molecule has 1 aromatic heterocycles. The summed E-state index contributed by atoms with van der Waals surface area (Å²) in [6.45, 7) is 1.58. The summed E-state index contributed by atoms with van der Waals surface area (Å²) in [7, 11) is 3.37. The molecule has 1 aliphatic rings. The summed E-state index contributed by atoms with van der Waals surface area (Å²) in [4.78, 5) is 27.1. The van der Waals surface area contributed by atoms with Crippen molar-refractivity contribution in [3.63, 3.8) is 0 Å². The molecule has 1 fully saturated rings. The van der Waals surface area contributed by atoms with Gasteiger partial charge in [0.2, 0.25) is 5.91 Å². The summed E-state index contributed by atoms with van der Waals surface area (Å²) in [6, 6.07) is 3.76. The molecule has 0 saturated carbocycles. The molecule has 0 aliphatic carbocycles. The number of aromatic nitrogens is 1. The summed E-state index contributed by atoms with van der Waals surface area (Å²) >= 11 is 0. The lowest BCUT2D eigenvalue weighted by atomic mass is 10.2. The molecule has 0 unspecified atom stereocenters. The molecule has 0 spiro atoms. The predicted octanol–water partition coefficient (Wildman–Crippen LogP) is -0.196. The normalized spacial score (nSPS) is 19.3. The molecule has 1 atom stereocenters. The van der Waals surface area contributed by atoms with Crippen molar-refractivity contribution < 1.29 is 14.3 Å². The number of carbonyl (C=O) groups is 2. The van der Waals surface area contributed by atoms with Gasteiger partial charge in [-0.3, -0.25) is 9.59 Å². The van der Waals surface area contributed by atoms with Crippen molar-refractivity contribution in [3.05, 3.63) is 24.5 Å². The van der Waals surface area contributed by atoms with Crippen LogP contribution in [0.5, 0.6) is 0 Å². The highest BCUT2D eigenvalue weighted by atomic mass is 16.5. The van der Waals surface area contributed by atoms with Crippen LogP contribution in [0.3, 0.4) is 0 Å². The van der Waals surface area contributed by atoms with E-state index >= 15 is 0 Å². The van der Waals surface area contributed by atoms with Gasteiger partial charge in [-0.15, -0.1) is 0 Å². The minimum absolute atomic E-state index is 0.0102. The van der Waals surface area contributed by atoms with Gasteiger partial charge in [0, 0.05) is 33.0 Å². The fraction of sp³-hybridized carbons (Fsp3) is 0.538. The van der Waals surface area contributed by atoms with E-state index in [0.717, 1.165) is 0 Å². The average Bonchev–Trinajstić information content (AvgIpc) is 2.90. The molecule has 2 amide bonds. The zero-order valence-corrected chi connectivity index (χ0v) is 11.3. The molecule has 0 radical (unpaired) electrons. The Bertz CT molecular complexity index is 442. The summed E-state index contributed by atoms with van der Waals surface area (Å²) in [6.07, 6.45) is 3.15. The van der Waals surface area contributed by atoms with E-state index in [-0.39, 0.29) is 11.8 Å². The Balaban J connectivity index is 1.93. The third-order valence-electron chi connectivity index (χ3n) is 3.12. The van der Waals surface area contributed by atoms with Crippen LogP contribution in [0.1, 0.15) is 0 Å². The van der Waals surface area contributed by atoms with E-state index in [2.05, 4.69) is 0 Å². The lowest BCUT2D eigenvalue weighted by molar-refractivity contribution is -0.152. The molecule has 1 aliphatic heterocycles. The molecular weight excluding hydrogens is 246 g/mol. The molecule has 0 bridgehead atoms. The quantitative estimate of drug-likeness (QED) is 0.761. The molecule has 0 N–H and O–H groups in total. The number of amides is 2. The van der Waals surface area contributed by atoms with E-state index in [4.69, 9.17) is 4.74 Å². The highest BCUT2D eigenvalue weighted by molar-refractivity contribution is 5.82. The second kappa shape index (κ2) is 5.88. The molecule has 19 heavy (non-hydrogen) atoms. The zero-order chi connectivity index (χ0) is 13.8. The summed E-state index contributed by atoms with van der Waals surface area (Å²) < 4.78 is 7.24. The number of likely N-dealkylation sites (N-methyl/N-ethyl adjacent to an activating group) is 1. The number of hydrogen-bond acceptors (Lipinski definition) is 3. The second-order valence-corrected chi connectivity index (χ2v) is 4.79. The van der Waals surface area contributed by atoms with Gasteiger partial charge in [-0.2, -0.15) is 0 Å². The standard InChI is InChI=1S/C13H19N3O3/c1-14(2)13(18)11-9-16(7-8-19-11)12(17)10-15-5-3-4-6-15/h3-6,11H,7-10H2,1-2H3/t11-/m0/s1. The van der Waals surface area contributed by atoms with Gasteiger partial charge in [0.1, 0.15) is 6.54 Å². The maximum absolute atomic E-state index is 12.1. The number of nitrogens with zero attached hydrogens (tertiary/aromatic N) is 3. The minimum Gasteiger partial charge on any atom is -0.365 e. The molecule has 2 rings (SSSR count). The van der Waals surface area contributed by atoms with Crippen LogP contribution in [-0.4, -0.2) is 66.1 Å². The molecule has 0 aromatic carbocycles. The van der Waals surface area contributed by atoms with Crippen LogP contribution in [0.4, 0.5) is 0 Å². The zero-order valence-electron chi connectivity index (χ0n) is 11.3. The fourth-order valence-electron chi connectivity index (χ4n) is 2.04. The lowest BCUT2D eigenvalue weighted by Gasteiger charge is -2.33. The van der Waals surface area contributed by atoms with Gasteiger partial charge in [-0.25, -0.2) is 0 Å². The van der Waals surface area contributed by atoms with Crippen molar-refractivity contribution in [2.45, 2.75) is 12.6 Å². The number of carbonyl (C=O) groups excluding carboxylic acids is 2. The predicted molar refractivity (Wildman–Crippen MR) is 69.4 cm³/mol. The van der Waals surface area contributed by atoms with E-state index in [0.29, 0.717) is 26.2 Å². The van der Waals surface area contributed by atoms with Gasteiger partial charge in [-0.05, 0) is 12.1 Å². The van der Waals surface area contributed by atoms with E-state index in [9.17, 15) is 9.59 Å². The number of ether oxygens (including phenoxy) is 1. The van der Waals surface area contributed by atoms with Crippen molar-refractivity contribution in [3.8, 4) is 0 Å². The first-order valence-corrected chi connectivity index (χ1v) is 6.29. The lowest BCUT2D eigenvalue weighted by Crippen LogP contribution is -2.51. The molecule has 2 heterocycles.